The van der Waals surface area contributed by atoms with Crippen LogP contribution in [0.3, 0.4) is 0 Å². The van der Waals surface area contributed by atoms with E-state index in [1.54, 1.807) is 0 Å². The smallest absolute Gasteiger partial charge is 0.0834 e. The van der Waals surface area contributed by atoms with Crippen LogP contribution in [0, 0.1) is 0 Å². The highest BCUT2D eigenvalue weighted by molar-refractivity contribution is 4.78. The quantitative estimate of drug-likeness (QED) is 0.552. The lowest BCUT2D eigenvalue weighted by Crippen LogP contribution is -2.25. The van der Waals surface area contributed by atoms with Gasteiger partial charge in [0.2, 0.25) is 0 Å². The van der Waals surface area contributed by atoms with Crippen LogP contribution >= 0.6 is 0 Å². The van der Waals surface area contributed by atoms with Gasteiger partial charge in [0.25, 0.3) is 0 Å². The topological polar surface area (TPSA) is 34.3 Å². The van der Waals surface area contributed by atoms with Crippen LogP contribution in [-0.4, -0.2) is 37.6 Å². The van der Waals surface area contributed by atoms with Gasteiger partial charge in [0.05, 0.1) is 37.6 Å². The van der Waals surface area contributed by atoms with Crippen molar-refractivity contribution < 1.29 is 14.2 Å². The molecule has 0 amide bonds. The number of epoxide rings is 2. The maximum atomic E-state index is 6.27. The van der Waals surface area contributed by atoms with E-state index >= 15 is 0 Å². The first-order chi connectivity index (χ1) is 8.31. The van der Waals surface area contributed by atoms with E-state index in [0.29, 0.717) is 24.4 Å². The van der Waals surface area contributed by atoms with Crippen LogP contribution in [0.2, 0.25) is 0 Å². The number of ether oxygens (including phenoxy) is 3. The minimum atomic E-state index is 0.391. The van der Waals surface area contributed by atoms with Gasteiger partial charge < -0.3 is 14.2 Å². The summed E-state index contributed by atoms with van der Waals surface area (Å²) in [6.07, 6.45) is 8.60. The third kappa shape index (κ3) is 5.36. The van der Waals surface area contributed by atoms with Gasteiger partial charge in [0.15, 0.2) is 0 Å². The maximum Gasteiger partial charge on any atom is 0.0834 e. The third-order valence-corrected chi connectivity index (χ3v) is 3.46. The second-order valence-corrected chi connectivity index (χ2v) is 5.34. The van der Waals surface area contributed by atoms with Gasteiger partial charge in [0, 0.05) is 12.8 Å². The Hall–Kier alpha value is -0.120. The highest BCUT2D eigenvalue weighted by atomic mass is 16.6. The van der Waals surface area contributed by atoms with E-state index in [2.05, 4.69) is 13.8 Å². The van der Waals surface area contributed by atoms with Gasteiger partial charge in [-0.3, -0.25) is 0 Å². The van der Waals surface area contributed by atoms with E-state index in [1.807, 2.05) is 0 Å². The number of rotatable bonds is 10. The van der Waals surface area contributed by atoms with Crippen molar-refractivity contribution in [3.05, 3.63) is 0 Å². The Labute approximate surface area is 105 Å². The summed E-state index contributed by atoms with van der Waals surface area (Å²) >= 11 is 0. The van der Waals surface area contributed by atoms with Crippen molar-refractivity contribution in [2.24, 2.45) is 0 Å². The molecule has 0 radical (unpaired) electrons. The Bertz CT molecular complexity index is 190. The molecule has 0 aliphatic carbocycles. The first-order valence-corrected chi connectivity index (χ1v) is 7.20. The lowest BCUT2D eigenvalue weighted by Gasteiger charge is -2.24. The fourth-order valence-electron chi connectivity index (χ4n) is 2.39. The molecular weight excluding hydrogens is 216 g/mol. The van der Waals surface area contributed by atoms with Gasteiger partial charge in [-0.1, -0.05) is 26.7 Å². The van der Waals surface area contributed by atoms with Gasteiger partial charge in [0.1, 0.15) is 0 Å². The predicted octanol–water partition coefficient (Wildman–Crippen LogP) is 2.92. The van der Waals surface area contributed by atoms with Gasteiger partial charge >= 0.3 is 0 Å². The molecule has 0 N–H and O–H groups in total. The first kappa shape index (κ1) is 13.3. The fraction of sp³-hybridized carbons (Fsp3) is 1.00. The maximum absolute atomic E-state index is 6.27. The molecule has 0 saturated carbocycles. The summed E-state index contributed by atoms with van der Waals surface area (Å²) in [7, 11) is 0. The molecular formula is C14H26O3. The zero-order valence-corrected chi connectivity index (χ0v) is 11.2. The minimum absolute atomic E-state index is 0.391. The fourth-order valence-corrected chi connectivity index (χ4v) is 2.39. The zero-order chi connectivity index (χ0) is 12.1. The van der Waals surface area contributed by atoms with E-state index in [0.717, 1.165) is 38.9 Å². The molecule has 2 fully saturated rings. The molecule has 2 saturated heterocycles. The van der Waals surface area contributed by atoms with Crippen molar-refractivity contribution in [2.45, 2.75) is 76.8 Å². The number of hydrogen-bond acceptors (Lipinski definition) is 3. The Balaban J connectivity index is 1.73. The summed E-state index contributed by atoms with van der Waals surface area (Å²) in [5.74, 6) is 0. The van der Waals surface area contributed by atoms with Crippen molar-refractivity contribution in [3.63, 3.8) is 0 Å². The number of hydrogen-bond donors (Lipinski definition) is 0. The third-order valence-electron chi connectivity index (χ3n) is 3.46. The molecule has 0 spiro atoms. The first-order valence-electron chi connectivity index (χ1n) is 7.20. The lowest BCUT2D eigenvalue weighted by atomic mass is 10.1. The Morgan fingerprint density at radius 2 is 1.35 bits per heavy atom. The largest absolute Gasteiger partial charge is 0.375 e. The molecule has 2 rings (SSSR count). The summed E-state index contributed by atoms with van der Waals surface area (Å²) in [5.41, 5.74) is 0. The summed E-state index contributed by atoms with van der Waals surface area (Å²) in [5, 5.41) is 0. The second-order valence-electron chi connectivity index (χ2n) is 5.34. The standard InChI is InChI=1S/C14H26O3/c1-3-5-11(7-13-9-15-13)17-12(6-4-2)8-14-10-16-14/h11-14H,3-10H2,1-2H3. The van der Waals surface area contributed by atoms with E-state index in [-0.39, 0.29) is 0 Å². The molecule has 2 aliphatic rings. The van der Waals surface area contributed by atoms with Gasteiger partial charge in [-0.05, 0) is 12.8 Å². The molecule has 4 atom stereocenters. The van der Waals surface area contributed by atoms with Crippen LogP contribution in [0.5, 0.6) is 0 Å². The van der Waals surface area contributed by atoms with Crippen molar-refractivity contribution in [1.82, 2.24) is 0 Å². The van der Waals surface area contributed by atoms with Crippen LogP contribution in [0.25, 0.3) is 0 Å². The Morgan fingerprint density at radius 3 is 1.65 bits per heavy atom. The normalized spacial score (nSPS) is 30.0. The average molecular weight is 242 g/mol. The molecule has 17 heavy (non-hydrogen) atoms. The van der Waals surface area contributed by atoms with Crippen molar-refractivity contribution in [2.75, 3.05) is 13.2 Å². The Kier molecular flexibility index (Phi) is 5.26. The van der Waals surface area contributed by atoms with Crippen molar-refractivity contribution >= 4 is 0 Å². The van der Waals surface area contributed by atoms with Crippen LogP contribution in [0.15, 0.2) is 0 Å². The predicted molar refractivity (Wildman–Crippen MR) is 67.2 cm³/mol. The highest BCUT2D eigenvalue weighted by Gasteiger charge is 2.31. The van der Waals surface area contributed by atoms with Crippen LogP contribution in [0.4, 0.5) is 0 Å². The molecule has 0 aromatic heterocycles. The molecule has 0 aromatic carbocycles. The van der Waals surface area contributed by atoms with E-state index in [4.69, 9.17) is 14.2 Å². The molecule has 2 heterocycles. The van der Waals surface area contributed by atoms with Crippen LogP contribution in [-0.2, 0) is 14.2 Å². The van der Waals surface area contributed by atoms with Crippen LogP contribution in [0.1, 0.15) is 52.4 Å². The summed E-state index contributed by atoms with van der Waals surface area (Å²) < 4.78 is 16.9. The second kappa shape index (κ2) is 6.72. The van der Waals surface area contributed by atoms with Crippen molar-refractivity contribution in [3.8, 4) is 0 Å². The van der Waals surface area contributed by atoms with Crippen molar-refractivity contribution in [1.29, 1.82) is 0 Å². The van der Waals surface area contributed by atoms with Crippen LogP contribution < -0.4 is 0 Å². The van der Waals surface area contributed by atoms with Gasteiger partial charge in [-0.25, -0.2) is 0 Å². The molecule has 3 nitrogen and oxygen atoms in total. The lowest BCUT2D eigenvalue weighted by molar-refractivity contribution is -0.0344. The summed E-state index contributed by atoms with van der Waals surface area (Å²) in [4.78, 5) is 0. The van der Waals surface area contributed by atoms with E-state index in [9.17, 15) is 0 Å². The monoisotopic (exact) mass is 242 g/mol. The molecule has 0 bridgehead atoms. The SMILES string of the molecule is CCCC(CC1CO1)OC(CCC)CC1CO1. The molecule has 2 aliphatic heterocycles. The summed E-state index contributed by atoms with van der Waals surface area (Å²) in [6.45, 7) is 6.33. The molecule has 3 heteroatoms. The van der Waals surface area contributed by atoms with E-state index in [1.165, 1.54) is 12.8 Å². The molecule has 100 valence electrons. The van der Waals surface area contributed by atoms with Gasteiger partial charge in [-0.15, -0.1) is 0 Å². The average Bonchev–Trinajstić information content (AvgIpc) is 3.13. The van der Waals surface area contributed by atoms with E-state index < -0.39 is 0 Å². The minimum Gasteiger partial charge on any atom is -0.375 e. The Morgan fingerprint density at radius 1 is 0.941 bits per heavy atom. The summed E-state index contributed by atoms with van der Waals surface area (Å²) in [6, 6.07) is 0. The molecule has 4 unspecified atom stereocenters. The highest BCUT2D eigenvalue weighted by Crippen LogP contribution is 2.26. The molecule has 0 aromatic rings. The van der Waals surface area contributed by atoms with Gasteiger partial charge in [-0.2, -0.15) is 0 Å². The zero-order valence-electron chi connectivity index (χ0n) is 11.2.